The third-order valence-electron chi connectivity index (χ3n) is 6.17. The fraction of sp³-hybridized carbons (Fsp3) is 0.737. The van der Waals surface area contributed by atoms with Crippen molar-refractivity contribution < 1.29 is 18.7 Å². The lowest BCUT2D eigenvalue weighted by atomic mass is 9.51. The van der Waals surface area contributed by atoms with Crippen LogP contribution < -0.4 is 5.32 Å². The lowest BCUT2D eigenvalue weighted by Gasteiger charge is -2.61. The summed E-state index contributed by atoms with van der Waals surface area (Å²) in [6.07, 6.45) is 4.65. The maximum absolute atomic E-state index is 12.8. The molecule has 3 fully saturated rings. The van der Waals surface area contributed by atoms with E-state index in [1.54, 1.807) is 0 Å². The molecule has 1 saturated heterocycles. The zero-order valence-electron chi connectivity index (χ0n) is 15.1. The number of amides is 2. The second-order valence-corrected chi connectivity index (χ2v) is 7.52. The lowest BCUT2D eigenvalue weighted by Crippen LogP contribution is -2.68. The van der Waals surface area contributed by atoms with Crippen molar-refractivity contribution in [3.8, 4) is 0 Å². The summed E-state index contributed by atoms with van der Waals surface area (Å²) in [5.41, 5.74) is 0.190. The van der Waals surface area contributed by atoms with E-state index in [4.69, 9.17) is 13.9 Å². The highest BCUT2D eigenvalue weighted by molar-refractivity contribution is 5.75. The predicted octanol–water partition coefficient (Wildman–Crippen LogP) is 3.02. The summed E-state index contributed by atoms with van der Waals surface area (Å²) in [5.74, 6) is 1.66. The number of hydrogen-bond acceptors (Lipinski definition) is 4. The molecule has 1 N–H and O–H groups in total. The van der Waals surface area contributed by atoms with Crippen LogP contribution in [0.25, 0.3) is 0 Å². The minimum Gasteiger partial charge on any atom is -0.464 e. The molecule has 2 amide bonds. The first-order valence-corrected chi connectivity index (χ1v) is 9.47. The van der Waals surface area contributed by atoms with Crippen LogP contribution in [0.4, 0.5) is 4.79 Å². The molecule has 2 aliphatic carbocycles. The van der Waals surface area contributed by atoms with E-state index < -0.39 is 0 Å². The van der Waals surface area contributed by atoms with Gasteiger partial charge in [0.05, 0.1) is 19.3 Å². The smallest absolute Gasteiger partial charge is 0.317 e. The Bertz CT molecular complexity index is 625. The van der Waals surface area contributed by atoms with Crippen LogP contribution in [0.3, 0.4) is 0 Å². The van der Waals surface area contributed by atoms with E-state index in [2.05, 4.69) is 5.32 Å². The number of aryl methyl sites for hydroxylation is 1. The molecule has 6 nitrogen and oxygen atoms in total. The highest BCUT2D eigenvalue weighted by atomic mass is 16.5. The summed E-state index contributed by atoms with van der Waals surface area (Å²) in [4.78, 5) is 14.6. The minimum absolute atomic E-state index is 0.0165. The summed E-state index contributed by atoms with van der Waals surface area (Å²) < 4.78 is 17.3. The highest BCUT2D eigenvalue weighted by Gasteiger charge is 2.59. The van der Waals surface area contributed by atoms with Crippen molar-refractivity contribution >= 4 is 6.03 Å². The largest absolute Gasteiger partial charge is 0.464 e. The monoisotopic (exact) mass is 348 g/mol. The number of urea groups is 1. The number of nitrogens with zero attached hydrogens (tertiary/aromatic N) is 1. The van der Waals surface area contributed by atoms with Crippen LogP contribution in [-0.4, -0.2) is 49.4 Å². The second-order valence-electron chi connectivity index (χ2n) is 7.52. The SMILES string of the molecule is CCO[C@@H]1C[C@H](NC(=O)N2CCO[C@H](c3ccc(C)o3)C2)C12CCC2. The zero-order valence-corrected chi connectivity index (χ0v) is 15.1. The Morgan fingerprint density at radius 3 is 2.92 bits per heavy atom. The molecule has 3 atom stereocenters. The van der Waals surface area contributed by atoms with Gasteiger partial charge < -0.3 is 24.1 Å². The van der Waals surface area contributed by atoms with Crippen LogP contribution in [0, 0.1) is 12.3 Å². The normalized spacial score (nSPS) is 30.6. The molecule has 1 aliphatic heterocycles. The highest BCUT2D eigenvalue weighted by Crippen LogP contribution is 2.57. The summed E-state index contributed by atoms with van der Waals surface area (Å²) in [7, 11) is 0. The van der Waals surface area contributed by atoms with Gasteiger partial charge in [-0.25, -0.2) is 4.79 Å². The third kappa shape index (κ3) is 2.95. The second kappa shape index (κ2) is 6.65. The van der Waals surface area contributed by atoms with Crippen LogP contribution in [0.15, 0.2) is 16.5 Å². The molecule has 2 heterocycles. The Kier molecular flexibility index (Phi) is 4.50. The van der Waals surface area contributed by atoms with Gasteiger partial charge in [-0.3, -0.25) is 0 Å². The van der Waals surface area contributed by atoms with Gasteiger partial charge in [-0.15, -0.1) is 0 Å². The minimum atomic E-state index is -0.177. The van der Waals surface area contributed by atoms with E-state index in [-0.39, 0.29) is 23.6 Å². The molecular weight excluding hydrogens is 320 g/mol. The number of carbonyl (C=O) groups excluding carboxylic acids is 1. The standard InChI is InChI=1S/C19H28N2O4/c1-3-23-17-11-16(19(17)7-4-8-19)20-18(22)21-9-10-24-15(12-21)14-6-5-13(2)25-14/h5-6,15-17H,3-4,7-12H2,1-2H3,(H,20,22)/t15-,16-,17+/m0/s1. The molecule has 0 bridgehead atoms. The molecule has 25 heavy (non-hydrogen) atoms. The van der Waals surface area contributed by atoms with E-state index in [1.807, 2.05) is 30.9 Å². The Balaban J connectivity index is 1.35. The van der Waals surface area contributed by atoms with Gasteiger partial charge in [-0.2, -0.15) is 0 Å². The summed E-state index contributed by atoms with van der Waals surface area (Å²) in [6, 6.07) is 4.13. The predicted molar refractivity (Wildman–Crippen MR) is 92.3 cm³/mol. The average Bonchev–Trinajstić information content (AvgIpc) is 2.99. The number of hydrogen-bond donors (Lipinski definition) is 1. The molecule has 2 saturated carbocycles. The van der Waals surface area contributed by atoms with Crippen molar-refractivity contribution in [2.24, 2.45) is 5.41 Å². The van der Waals surface area contributed by atoms with E-state index in [9.17, 15) is 4.79 Å². The van der Waals surface area contributed by atoms with Gasteiger partial charge in [0, 0.05) is 24.6 Å². The van der Waals surface area contributed by atoms with Crippen molar-refractivity contribution in [3.05, 3.63) is 23.7 Å². The molecule has 0 aromatic carbocycles. The number of morpholine rings is 1. The van der Waals surface area contributed by atoms with Crippen LogP contribution in [0.1, 0.15) is 50.2 Å². The van der Waals surface area contributed by atoms with Crippen molar-refractivity contribution in [2.75, 3.05) is 26.3 Å². The van der Waals surface area contributed by atoms with Gasteiger partial charge in [0.2, 0.25) is 0 Å². The molecule has 6 heteroatoms. The third-order valence-corrected chi connectivity index (χ3v) is 6.17. The van der Waals surface area contributed by atoms with Gasteiger partial charge in [0.25, 0.3) is 0 Å². The van der Waals surface area contributed by atoms with Gasteiger partial charge >= 0.3 is 6.03 Å². The Labute approximate surface area is 148 Å². The topological polar surface area (TPSA) is 63.9 Å². The van der Waals surface area contributed by atoms with Gasteiger partial charge in [0.15, 0.2) is 0 Å². The van der Waals surface area contributed by atoms with Gasteiger partial charge in [0.1, 0.15) is 17.6 Å². The van der Waals surface area contributed by atoms with E-state index in [0.717, 1.165) is 24.5 Å². The first-order valence-electron chi connectivity index (χ1n) is 9.47. The summed E-state index contributed by atoms with van der Waals surface area (Å²) in [5, 5.41) is 3.27. The molecule has 1 aromatic rings. The first kappa shape index (κ1) is 16.9. The van der Waals surface area contributed by atoms with E-state index in [0.29, 0.717) is 25.8 Å². The first-order chi connectivity index (χ1) is 12.1. The molecule has 4 rings (SSSR count). The number of nitrogens with one attached hydrogen (secondary N) is 1. The van der Waals surface area contributed by atoms with Crippen LogP contribution in [-0.2, 0) is 9.47 Å². The lowest BCUT2D eigenvalue weighted by molar-refractivity contribution is -0.170. The quantitative estimate of drug-likeness (QED) is 0.908. The maximum atomic E-state index is 12.8. The Morgan fingerprint density at radius 1 is 1.44 bits per heavy atom. The van der Waals surface area contributed by atoms with Gasteiger partial charge in [-0.1, -0.05) is 6.42 Å². The van der Waals surface area contributed by atoms with Gasteiger partial charge in [-0.05, 0) is 45.2 Å². The van der Waals surface area contributed by atoms with Crippen molar-refractivity contribution in [1.29, 1.82) is 0 Å². The Hall–Kier alpha value is -1.53. The van der Waals surface area contributed by atoms with Crippen LogP contribution in [0.2, 0.25) is 0 Å². The number of carbonyl (C=O) groups is 1. The fourth-order valence-electron chi connectivity index (χ4n) is 4.51. The van der Waals surface area contributed by atoms with E-state index in [1.165, 1.54) is 19.3 Å². The number of rotatable bonds is 4. The zero-order chi connectivity index (χ0) is 17.4. The van der Waals surface area contributed by atoms with Crippen LogP contribution in [0.5, 0.6) is 0 Å². The number of furan rings is 1. The van der Waals surface area contributed by atoms with Crippen molar-refractivity contribution in [1.82, 2.24) is 10.2 Å². The molecule has 3 aliphatic rings. The average molecular weight is 348 g/mol. The fourth-order valence-corrected chi connectivity index (χ4v) is 4.51. The molecular formula is C19H28N2O4. The van der Waals surface area contributed by atoms with Crippen molar-refractivity contribution in [2.45, 2.75) is 57.8 Å². The van der Waals surface area contributed by atoms with Crippen LogP contribution >= 0.6 is 0 Å². The number of ether oxygens (including phenoxy) is 2. The Morgan fingerprint density at radius 2 is 2.28 bits per heavy atom. The molecule has 1 spiro atoms. The molecule has 0 radical (unpaired) electrons. The molecule has 1 aromatic heterocycles. The summed E-state index contributed by atoms with van der Waals surface area (Å²) in [6.45, 7) is 6.41. The summed E-state index contributed by atoms with van der Waals surface area (Å²) >= 11 is 0. The molecule has 0 unspecified atom stereocenters. The maximum Gasteiger partial charge on any atom is 0.317 e. The molecule has 138 valence electrons. The van der Waals surface area contributed by atoms with Crippen molar-refractivity contribution in [3.63, 3.8) is 0 Å². The van der Waals surface area contributed by atoms with E-state index >= 15 is 0 Å².